The molecule has 0 spiro atoms. The van der Waals surface area contributed by atoms with Crippen LogP contribution in [0.4, 0.5) is 5.69 Å². The van der Waals surface area contributed by atoms with Gasteiger partial charge in [0, 0.05) is 11.0 Å². The van der Waals surface area contributed by atoms with Gasteiger partial charge in [-0.05, 0) is 59.8 Å². The van der Waals surface area contributed by atoms with Crippen LogP contribution in [0, 0.1) is 0 Å². The fourth-order valence-electron chi connectivity index (χ4n) is 2.52. The summed E-state index contributed by atoms with van der Waals surface area (Å²) in [5, 5.41) is 19.0. The Bertz CT molecular complexity index is 409. The molecule has 0 amide bonds. The molecule has 1 aliphatic rings. The van der Waals surface area contributed by atoms with Crippen LogP contribution < -0.4 is 4.90 Å². The molecular weight excluding hydrogens is 294 g/mol. The first-order chi connectivity index (χ1) is 8.63. The van der Waals surface area contributed by atoms with Gasteiger partial charge in [-0.25, -0.2) is 0 Å². The molecular formula is C14H20BrNO2. The Labute approximate surface area is 117 Å². The van der Waals surface area contributed by atoms with E-state index in [1.165, 1.54) is 12.8 Å². The van der Waals surface area contributed by atoms with Gasteiger partial charge < -0.3 is 15.1 Å². The van der Waals surface area contributed by atoms with E-state index in [1.807, 2.05) is 18.2 Å². The Hall–Kier alpha value is -0.580. The molecule has 100 valence electrons. The lowest BCUT2D eigenvalue weighted by Crippen LogP contribution is -2.42. The predicted molar refractivity (Wildman–Crippen MR) is 76.8 cm³/mol. The topological polar surface area (TPSA) is 43.7 Å². The summed E-state index contributed by atoms with van der Waals surface area (Å²) < 4.78 is 0.987. The van der Waals surface area contributed by atoms with Gasteiger partial charge in [-0.1, -0.05) is 6.07 Å². The molecule has 0 aliphatic carbocycles. The third-order valence-electron chi connectivity index (χ3n) is 3.60. The van der Waals surface area contributed by atoms with E-state index < -0.39 is 6.10 Å². The average Bonchev–Trinajstić information content (AvgIpc) is 2.38. The fraction of sp³-hybridized carbons (Fsp3) is 0.571. The van der Waals surface area contributed by atoms with Crippen LogP contribution in [0.1, 0.15) is 37.9 Å². The summed E-state index contributed by atoms with van der Waals surface area (Å²) in [5.74, 6) is 0. The number of piperidine rings is 1. The van der Waals surface area contributed by atoms with E-state index >= 15 is 0 Å². The highest BCUT2D eigenvalue weighted by molar-refractivity contribution is 9.10. The van der Waals surface area contributed by atoms with Gasteiger partial charge in [0.1, 0.15) is 0 Å². The number of hydrogen-bond donors (Lipinski definition) is 2. The van der Waals surface area contributed by atoms with E-state index in [9.17, 15) is 10.2 Å². The highest BCUT2D eigenvalue weighted by Crippen LogP contribution is 2.33. The first-order valence-corrected chi connectivity index (χ1v) is 7.27. The van der Waals surface area contributed by atoms with Crippen molar-refractivity contribution in [3.8, 4) is 0 Å². The number of hydrogen-bond acceptors (Lipinski definition) is 3. The zero-order chi connectivity index (χ0) is 13.1. The fourth-order valence-corrected chi connectivity index (χ4v) is 3.15. The third-order valence-corrected chi connectivity index (χ3v) is 4.24. The Morgan fingerprint density at radius 3 is 2.83 bits per heavy atom. The Kier molecular flexibility index (Phi) is 4.65. The first-order valence-electron chi connectivity index (χ1n) is 6.48. The minimum Gasteiger partial charge on any atom is -0.394 e. The molecule has 18 heavy (non-hydrogen) atoms. The van der Waals surface area contributed by atoms with Crippen molar-refractivity contribution in [3.63, 3.8) is 0 Å². The molecule has 0 saturated carbocycles. The SMILES string of the molecule is CC(O)c1ccc(N2CCCCC2CO)c(Br)c1. The molecule has 1 saturated heterocycles. The molecule has 2 atom stereocenters. The van der Waals surface area contributed by atoms with Crippen molar-refractivity contribution in [2.75, 3.05) is 18.1 Å². The van der Waals surface area contributed by atoms with Crippen LogP contribution in [0.25, 0.3) is 0 Å². The van der Waals surface area contributed by atoms with E-state index in [1.54, 1.807) is 6.92 Å². The van der Waals surface area contributed by atoms with Gasteiger partial charge in [0.15, 0.2) is 0 Å². The maximum absolute atomic E-state index is 9.57. The number of nitrogens with zero attached hydrogens (tertiary/aromatic N) is 1. The van der Waals surface area contributed by atoms with E-state index in [2.05, 4.69) is 20.8 Å². The van der Waals surface area contributed by atoms with Gasteiger partial charge in [-0.3, -0.25) is 0 Å². The Balaban J connectivity index is 2.26. The van der Waals surface area contributed by atoms with Gasteiger partial charge in [-0.15, -0.1) is 0 Å². The summed E-state index contributed by atoms with van der Waals surface area (Å²) >= 11 is 3.57. The van der Waals surface area contributed by atoms with E-state index in [4.69, 9.17) is 0 Å². The molecule has 3 nitrogen and oxygen atoms in total. The van der Waals surface area contributed by atoms with Crippen LogP contribution in [-0.2, 0) is 0 Å². The van der Waals surface area contributed by atoms with Crippen molar-refractivity contribution < 1.29 is 10.2 Å². The summed E-state index contributed by atoms with van der Waals surface area (Å²) in [7, 11) is 0. The van der Waals surface area contributed by atoms with Crippen LogP contribution in [0.3, 0.4) is 0 Å². The highest BCUT2D eigenvalue weighted by atomic mass is 79.9. The number of benzene rings is 1. The van der Waals surface area contributed by atoms with E-state index in [0.717, 1.165) is 28.7 Å². The molecule has 1 aromatic rings. The quantitative estimate of drug-likeness (QED) is 0.902. The van der Waals surface area contributed by atoms with Gasteiger partial charge in [-0.2, -0.15) is 0 Å². The molecule has 2 N–H and O–H groups in total. The molecule has 1 aliphatic heterocycles. The molecule has 2 unspecified atom stereocenters. The number of aliphatic hydroxyl groups is 2. The zero-order valence-electron chi connectivity index (χ0n) is 10.6. The number of halogens is 1. The Morgan fingerprint density at radius 2 is 2.22 bits per heavy atom. The number of rotatable bonds is 3. The van der Waals surface area contributed by atoms with Crippen molar-refractivity contribution in [2.24, 2.45) is 0 Å². The predicted octanol–water partition coefficient (Wildman–Crippen LogP) is 2.85. The summed E-state index contributed by atoms with van der Waals surface area (Å²) in [6.07, 6.45) is 2.94. The van der Waals surface area contributed by atoms with Crippen LogP contribution in [0.15, 0.2) is 22.7 Å². The van der Waals surface area contributed by atoms with Crippen molar-refractivity contribution in [2.45, 2.75) is 38.3 Å². The van der Waals surface area contributed by atoms with Crippen molar-refractivity contribution in [3.05, 3.63) is 28.2 Å². The van der Waals surface area contributed by atoms with E-state index in [-0.39, 0.29) is 12.6 Å². The maximum Gasteiger partial charge on any atom is 0.0762 e. The second kappa shape index (κ2) is 6.04. The van der Waals surface area contributed by atoms with Gasteiger partial charge in [0.25, 0.3) is 0 Å². The van der Waals surface area contributed by atoms with Gasteiger partial charge >= 0.3 is 0 Å². The molecule has 1 fully saturated rings. The minimum atomic E-state index is -0.453. The molecule has 1 heterocycles. The molecule has 0 bridgehead atoms. The Morgan fingerprint density at radius 1 is 1.44 bits per heavy atom. The number of aliphatic hydroxyl groups excluding tert-OH is 2. The highest BCUT2D eigenvalue weighted by Gasteiger charge is 2.23. The summed E-state index contributed by atoms with van der Waals surface area (Å²) in [4.78, 5) is 2.26. The lowest BCUT2D eigenvalue weighted by molar-refractivity contribution is 0.199. The molecule has 2 rings (SSSR count). The van der Waals surface area contributed by atoms with Crippen LogP contribution >= 0.6 is 15.9 Å². The van der Waals surface area contributed by atoms with E-state index in [0.29, 0.717) is 0 Å². The van der Waals surface area contributed by atoms with Gasteiger partial charge in [0.05, 0.1) is 24.4 Å². The number of anilines is 1. The average molecular weight is 314 g/mol. The molecule has 0 radical (unpaired) electrons. The lowest BCUT2D eigenvalue weighted by Gasteiger charge is -2.37. The van der Waals surface area contributed by atoms with Crippen molar-refractivity contribution in [1.29, 1.82) is 0 Å². The normalized spacial score (nSPS) is 22.0. The standard InChI is InChI=1S/C14H20BrNO2/c1-10(18)11-5-6-14(13(15)8-11)16-7-3-2-4-12(16)9-17/h5-6,8,10,12,17-18H,2-4,7,9H2,1H3. The second-order valence-corrected chi connectivity index (χ2v) is 5.77. The van der Waals surface area contributed by atoms with Crippen LogP contribution in [0.2, 0.25) is 0 Å². The molecule has 1 aromatic carbocycles. The van der Waals surface area contributed by atoms with Crippen LogP contribution in [0.5, 0.6) is 0 Å². The summed E-state index contributed by atoms with van der Waals surface area (Å²) in [5.41, 5.74) is 2.02. The third kappa shape index (κ3) is 2.87. The first kappa shape index (κ1) is 13.8. The minimum absolute atomic E-state index is 0.199. The molecule has 4 heteroatoms. The molecule has 0 aromatic heterocycles. The maximum atomic E-state index is 9.57. The summed E-state index contributed by atoms with van der Waals surface area (Å²) in [6.45, 7) is 2.95. The smallest absolute Gasteiger partial charge is 0.0762 e. The lowest BCUT2D eigenvalue weighted by atomic mass is 10.0. The monoisotopic (exact) mass is 313 g/mol. The van der Waals surface area contributed by atoms with Crippen LogP contribution in [-0.4, -0.2) is 29.4 Å². The largest absolute Gasteiger partial charge is 0.394 e. The second-order valence-electron chi connectivity index (χ2n) is 4.91. The summed E-state index contributed by atoms with van der Waals surface area (Å²) in [6, 6.07) is 6.16. The zero-order valence-corrected chi connectivity index (χ0v) is 12.2. The van der Waals surface area contributed by atoms with Crippen molar-refractivity contribution in [1.82, 2.24) is 0 Å². The van der Waals surface area contributed by atoms with Gasteiger partial charge in [0.2, 0.25) is 0 Å². The van der Waals surface area contributed by atoms with Crippen molar-refractivity contribution >= 4 is 21.6 Å².